The molecular formula is C23H39N5O4. The van der Waals surface area contributed by atoms with Gasteiger partial charge in [0.05, 0.1) is 6.04 Å². The van der Waals surface area contributed by atoms with E-state index < -0.39 is 41.3 Å². The van der Waals surface area contributed by atoms with Gasteiger partial charge >= 0.3 is 0 Å². The monoisotopic (exact) mass is 449 g/mol. The Morgan fingerprint density at radius 3 is 2.28 bits per heavy atom. The van der Waals surface area contributed by atoms with Crippen LogP contribution in [0.5, 0.6) is 0 Å². The Hall–Kier alpha value is -2.16. The lowest BCUT2D eigenvalue weighted by molar-refractivity contribution is -0.142. The zero-order chi connectivity index (χ0) is 24.1. The number of primary amides is 1. The van der Waals surface area contributed by atoms with Crippen molar-refractivity contribution in [2.45, 2.75) is 96.8 Å². The van der Waals surface area contributed by atoms with Crippen molar-refractivity contribution in [3.8, 4) is 0 Å². The minimum absolute atomic E-state index is 0.0488. The van der Waals surface area contributed by atoms with Gasteiger partial charge in [-0.2, -0.15) is 0 Å². The molecule has 32 heavy (non-hydrogen) atoms. The second-order valence-electron chi connectivity index (χ2n) is 11.9. The van der Waals surface area contributed by atoms with Gasteiger partial charge in [0.25, 0.3) is 0 Å². The Labute approximate surface area is 190 Å². The van der Waals surface area contributed by atoms with Crippen LogP contribution in [0.25, 0.3) is 0 Å². The molecule has 9 nitrogen and oxygen atoms in total. The molecular weight excluding hydrogens is 410 g/mol. The number of hydrogen-bond donors (Lipinski definition) is 4. The SMILES string of the molecule is CC1(C)C[C@@H](C[C@H](NC(=O)C2CC3(CCC3)CN2C(=O)[C@@H](N)C(C)(C)C)C(N)=O)C(=O)N1. The topological polar surface area (TPSA) is 148 Å². The highest BCUT2D eigenvalue weighted by molar-refractivity contribution is 5.94. The maximum absolute atomic E-state index is 13.3. The predicted octanol–water partition coefficient (Wildman–Crippen LogP) is 0.406. The molecule has 0 radical (unpaired) electrons. The van der Waals surface area contributed by atoms with E-state index in [1.807, 2.05) is 34.6 Å². The van der Waals surface area contributed by atoms with Crippen LogP contribution in [0.2, 0.25) is 0 Å². The summed E-state index contributed by atoms with van der Waals surface area (Å²) in [6.45, 7) is 10.0. The molecule has 0 aromatic carbocycles. The van der Waals surface area contributed by atoms with Gasteiger partial charge in [0, 0.05) is 18.0 Å². The zero-order valence-corrected chi connectivity index (χ0v) is 20.0. The molecule has 0 bridgehead atoms. The fourth-order valence-corrected chi connectivity index (χ4v) is 5.29. The third kappa shape index (κ3) is 4.92. The van der Waals surface area contributed by atoms with Crippen LogP contribution in [-0.2, 0) is 19.2 Å². The van der Waals surface area contributed by atoms with E-state index >= 15 is 0 Å². The molecule has 1 saturated carbocycles. The highest BCUT2D eigenvalue weighted by Crippen LogP contribution is 2.50. The summed E-state index contributed by atoms with van der Waals surface area (Å²) < 4.78 is 0. The minimum atomic E-state index is -0.974. The van der Waals surface area contributed by atoms with Gasteiger partial charge in [-0.1, -0.05) is 27.2 Å². The van der Waals surface area contributed by atoms with Crippen molar-refractivity contribution in [1.82, 2.24) is 15.5 Å². The molecule has 3 rings (SSSR count). The van der Waals surface area contributed by atoms with Gasteiger partial charge in [0.1, 0.15) is 12.1 Å². The van der Waals surface area contributed by atoms with Crippen LogP contribution >= 0.6 is 0 Å². The second-order valence-corrected chi connectivity index (χ2v) is 11.9. The summed E-state index contributed by atoms with van der Waals surface area (Å²) in [6, 6.07) is -2.39. The third-order valence-electron chi connectivity index (χ3n) is 7.48. The Bertz CT molecular complexity index is 799. The number of nitrogens with zero attached hydrogens (tertiary/aromatic N) is 1. The van der Waals surface area contributed by atoms with Crippen LogP contribution in [0, 0.1) is 16.7 Å². The molecule has 3 aliphatic rings. The van der Waals surface area contributed by atoms with E-state index in [4.69, 9.17) is 11.5 Å². The van der Waals surface area contributed by atoms with Crippen LogP contribution in [0.15, 0.2) is 0 Å². The number of carbonyl (C=O) groups is 4. The summed E-state index contributed by atoms with van der Waals surface area (Å²) in [7, 11) is 0. The van der Waals surface area contributed by atoms with Crippen LogP contribution < -0.4 is 22.1 Å². The first-order valence-corrected chi connectivity index (χ1v) is 11.6. The fraction of sp³-hybridized carbons (Fsp3) is 0.826. The smallest absolute Gasteiger partial charge is 0.243 e. The number of likely N-dealkylation sites (tertiary alicyclic amines) is 1. The first kappa shape index (κ1) is 24.5. The van der Waals surface area contributed by atoms with Crippen LogP contribution in [0.3, 0.4) is 0 Å². The lowest BCUT2D eigenvalue weighted by atomic mass is 9.67. The first-order valence-electron chi connectivity index (χ1n) is 11.6. The molecule has 2 saturated heterocycles. The average Bonchev–Trinajstić information content (AvgIpc) is 3.16. The molecule has 180 valence electrons. The van der Waals surface area contributed by atoms with E-state index in [0.29, 0.717) is 19.4 Å². The largest absolute Gasteiger partial charge is 0.368 e. The summed E-state index contributed by atoms with van der Waals surface area (Å²) in [6.07, 6.45) is 4.29. The third-order valence-corrected chi connectivity index (χ3v) is 7.48. The van der Waals surface area contributed by atoms with Crippen molar-refractivity contribution in [2.75, 3.05) is 6.54 Å². The van der Waals surface area contributed by atoms with Gasteiger partial charge in [-0.05, 0) is 56.8 Å². The second kappa shape index (κ2) is 8.32. The van der Waals surface area contributed by atoms with E-state index in [1.54, 1.807) is 4.90 Å². The molecule has 0 aromatic heterocycles. The number of nitrogens with two attached hydrogens (primary N) is 2. The summed E-state index contributed by atoms with van der Waals surface area (Å²) in [4.78, 5) is 52.6. The molecule has 4 amide bonds. The maximum atomic E-state index is 13.3. The summed E-state index contributed by atoms with van der Waals surface area (Å²) in [5.41, 5.74) is 11.0. The lowest BCUT2D eigenvalue weighted by Gasteiger charge is -2.38. The lowest BCUT2D eigenvalue weighted by Crippen LogP contribution is -2.57. The van der Waals surface area contributed by atoms with Crippen molar-refractivity contribution in [2.24, 2.45) is 28.2 Å². The van der Waals surface area contributed by atoms with Crippen LogP contribution in [-0.4, -0.2) is 58.7 Å². The van der Waals surface area contributed by atoms with E-state index in [1.165, 1.54) is 0 Å². The van der Waals surface area contributed by atoms with Gasteiger partial charge < -0.3 is 27.0 Å². The van der Waals surface area contributed by atoms with E-state index in [-0.39, 0.29) is 29.2 Å². The number of rotatable bonds is 6. The maximum Gasteiger partial charge on any atom is 0.243 e. The Morgan fingerprint density at radius 2 is 1.84 bits per heavy atom. The molecule has 9 heteroatoms. The highest BCUT2D eigenvalue weighted by atomic mass is 16.2. The van der Waals surface area contributed by atoms with Gasteiger partial charge in [-0.15, -0.1) is 0 Å². The van der Waals surface area contributed by atoms with E-state index in [2.05, 4.69) is 10.6 Å². The molecule has 3 fully saturated rings. The van der Waals surface area contributed by atoms with Crippen molar-refractivity contribution >= 4 is 23.6 Å². The Balaban J connectivity index is 1.74. The highest BCUT2D eigenvalue weighted by Gasteiger charge is 2.53. The summed E-state index contributed by atoms with van der Waals surface area (Å²) >= 11 is 0. The summed E-state index contributed by atoms with van der Waals surface area (Å²) in [5, 5.41) is 5.65. The number of carbonyl (C=O) groups excluding carboxylic acids is 4. The van der Waals surface area contributed by atoms with Crippen molar-refractivity contribution < 1.29 is 19.2 Å². The first-order chi connectivity index (χ1) is 14.6. The van der Waals surface area contributed by atoms with Gasteiger partial charge in [0.15, 0.2) is 0 Å². The molecule has 1 aliphatic carbocycles. The van der Waals surface area contributed by atoms with Gasteiger partial charge in [0.2, 0.25) is 23.6 Å². The van der Waals surface area contributed by atoms with Crippen molar-refractivity contribution in [1.29, 1.82) is 0 Å². The molecule has 2 aliphatic heterocycles. The predicted molar refractivity (Wildman–Crippen MR) is 120 cm³/mol. The zero-order valence-electron chi connectivity index (χ0n) is 20.0. The molecule has 1 unspecified atom stereocenters. The minimum Gasteiger partial charge on any atom is -0.368 e. The number of nitrogens with one attached hydrogen (secondary N) is 2. The fourth-order valence-electron chi connectivity index (χ4n) is 5.29. The van der Waals surface area contributed by atoms with Crippen LogP contribution in [0.1, 0.15) is 73.1 Å². The Kier molecular flexibility index (Phi) is 6.36. The normalized spacial score (nSPS) is 28.1. The van der Waals surface area contributed by atoms with Crippen molar-refractivity contribution in [3.63, 3.8) is 0 Å². The van der Waals surface area contributed by atoms with Gasteiger partial charge in [-0.3, -0.25) is 19.2 Å². The van der Waals surface area contributed by atoms with Gasteiger partial charge in [-0.25, -0.2) is 0 Å². The molecule has 1 spiro atoms. The van der Waals surface area contributed by atoms with Crippen LogP contribution in [0.4, 0.5) is 0 Å². The van der Waals surface area contributed by atoms with Crippen molar-refractivity contribution in [3.05, 3.63) is 0 Å². The number of amides is 4. The molecule has 6 N–H and O–H groups in total. The average molecular weight is 450 g/mol. The standard InChI is InChI=1S/C23H39N5O4/c1-21(2,3)16(24)20(32)28-12-23(7-6-8-23)11-15(28)19(31)26-14(17(25)29)9-13-10-22(4,5)27-18(13)30/h13-16H,6-12,24H2,1-5H3,(H2,25,29)(H,26,31)(H,27,30)/t13-,14+,15?,16-/m1/s1. The van der Waals surface area contributed by atoms with E-state index in [0.717, 1.165) is 19.3 Å². The number of hydrogen-bond acceptors (Lipinski definition) is 5. The molecule has 4 atom stereocenters. The quantitative estimate of drug-likeness (QED) is 0.463. The molecule has 0 aromatic rings. The summed E-state index contributed by atoms with van der Waals surface area (Å²) in [5.74, 6) is -1.87. The Morgan fingerprint density at radius 1 is 1.22 bits per heavy atom. The van der Waals surface area contributed by atoms with E-state index in [9.17, 15) is 19.2 Å². The molecule has 2 heterocycles.